The van der Waals surface area contributed by atoms with Crippen LogP contribution in [0.4, 0.5) is 18.0 Å². The normalized spacial score (nSPS) is 25.1. The lowest BCUT2D eigenvalue weighted by Crippen LogP contribution is -2.59. The molecular formula is C18H21F3N2O3. The van der Waals surface area contributed by atoms with Gasteiger partial charge in [0.25, 0.3) is 0 Å². The second kappa shape index (κ2) is 6.17. The van der Waals surface area contributed by atoms with E-state index in [2.05, 4.69) is 0 Å². The maximum atomic E-state index is 13.3. The van der Waals surface area contributed by atoms with E-state index < -0.39 is 35.7 Å². The monoisotopic (exact) mass is 370 g/mol. The van der Waals surface area contributed by atoms with Crippen molar-refractivity contribution in [1.82, 2.24) is 9.80 Å². The number of rotatable bonds is 2. The molecule has 142 valence electrons. The number of carbonyl (C=O) groups excluding carboxylic acids is 1. The molecule has 1 aliphatic carbocycles. The maximum Gasteiger partial charge on any atom is 0.407 e. The van der Waals surface area contributed by atoms with Crippen molar-refractivity contribution in [2.75, 3.05) is 13.1 Å². The molecule has 0 radical (unpaired) electrons. The summed E-state index contributed by atoms with van der Waals surface area (Å²) in [6.07, 6.45) is -6.12. The molecule has 0 spiro atoms. The molecule has 0 aromatic heterocycles. The van der Waals surface area contributed by atoms with Crippen molar-refractivity contribution in [3.63, 3.8) is 0 Å². The number of benzene rings is 1. The van der Waals surface area contributed by atoms with E-state index >= 15 is 0 Å². The lowest BCUT2D eigenvalue weighted by atomic mass is 9.96. The van der Waals surface area contributed by atoms with Crippen LogP contribution in [0.25, 0.3) is 0 Å². The first kappa shape index (κ1) is 18.5. The van der Waals surface area contributed by atoms with E-state index in [0.717, 1.165) is 5.56 Å². The number of amides is 2. The Kier molecular flexibility index (Phi) is 4.40. The summed E-state index contributed by atoms with van der Waals surface area (Å²) in [5, 5.41) is 9.51. The van der Waals surface area contributed by atoms with Crippen LogP contribution in [0.2, 0.25) is 0 Å². The molecule has 1 saturated carbocycles. The van der Waals surface area contributed by atoms with E-state index in [1.807, 2.05) is 19.1 Å². The number of hydrogen-bond donors (Lipinski definition) is 1. The van der Waals surface area contributed by atoms with Crippen LogP contribution < -0.4 is 0 Å². The van der Waals surface area contributed by atoms with Crippen LogP contribution in [-0.4, -0.2) is 52.2 Å². The van der Waals surface area contributed by atoms with Crippen LogP contribution in [0, 0.1) is 12.3 Å². The molecule has 1 aliphatic heterocycles. The predicted molar refractivity (Wildman–Crippen MR) is 87.5 cm³/mol. The van der Waals surface area contributed by atoms with Crippen LogP contribution in [0.3, 0.4) is 0 Å². The van der Waals surface area contributed by atoms with Crippen molar-refractivity contribution in [1.29, 1.82) is 0 Å². The molecule has 2 amide bonds. The van der Waals surface area contributed by atoms with Gasteiger partial charge < -0.3 is 10.0 Å². The Bertz CT molecular complexity index is 713. The van der Waals surface area contributed by atoms with Gasteiger partial charge in [-0.15, -0.1) is 0 Å². The second-order valence-corrected chi connectivity index (χ2v) is 7.25. The summed E-state index contributed by atoms with van der Waals surface area (Å²) in [4.78, 5) is 26.7. The first-order valence-electron chi connectivity index (χ1n) is 8.51. The second-order valence-electron chi connectivity index (χ2n) is 7.25. The largest absolute Gasteiger partial charge is 0.465 e. The van der Waals surface area contributed by atoms with Crippen LogP contribution in [0.15, 0.2) is 24.3 Å². The molecule has 1 aromatic rings. The molecule has 0 bridgehead atoms. The zero-order valence-corrected chi connectivity index (χ0v) is 14.6. The van der Waals surface area contributed by atoms with Gasteiger partial charge in [-0.1, -0.05) is 29.8 Å². The molecular weight excluding hydrogens is 349 g/mol. The number of halogens is 3. The minimum absolute atomic E-state index is 0.0203. The summed E-state index contributed by atoms with van der Waals surface area (Å²) >= 11 is 0. The number of aryl methyl sites for hydroxylation is 1. The lowest BCUT2D eigenvalue weighted by Gasteiger charge is -2.45. The van der Waals surface area contributed by atoms with Gasteiger partial charge in [0.05, 0.1) is 6.04 Å². The predicted octanol–water partition coefficient (Wildman–Crippen LogP) is 3.59. The van der Waals surface area contributed by atoms with Crippen molar-refractivity contribution < 1.29 is 27.9 Å². The molecule has 1 heterocycles. The standard InChI is InChI=1S/C18H21F3N2O3/c1-11-3-5-13(6-4-11)14-10-22(12(2)9-23(14)16(25)26)15(24)17(7-8-17)18(19,20)21/h3-6,12,14H,7-10H2,1-2H3,(H,25,26)/t12-,14-/m1/s1. The summed E-state index contributed by atoms with van der Waals surface area (Å²) < 4.78 is 40.0. The molecule has 2 fully saturated rings. The highest BCUT2D eigenvalue weighted by atomic mass is 19.4. The Hall–Kier alpha value is -2.25. The van der Waals surface area contributed by atoms with Gasteiger partial charge in [0, 0.05) is 19.1 Å². The van der Waals surface area contributed by atoms with Crippen LogP contribution in [0.1, 0.15) is 36.9 Å². The topological polar surface area (TPSA) is 60.9 Å². The smallest absolute Gasteiger partial charge is 0.407 e. The van der Waals surface area contributed by atoms with Gasteiger partial charge in [0.1, 0.15) is 5.41 Å². The van der Waals surface area contributed by atoms with Gasteiger partial charge in [-0.05, 0) is 32.3 Å². The minimum atomic E-state index is -4.58. The Morgan fingerprint density at radius 1 is 1.12 bits per heavy atom. The minimum Gasteiger partial charge on any atom is -0.465 e. The number of carboxylic acid groups (broad SMARTS) is 1. The number of alkyl halides is 3. The van der Waals surface area contributed by atoms with E-state index in [1.165, 1.54) is 9.80 Å². The molecule has 2 atom stereocenters. The summed E-state index contributed by atoms with van der Waals surface area (Å²) in [5.74, 6) is -0.931. The molecule has 1 aromatic carbocycles. The fourth-order valence-corrected chi connectivity index (χ4v) is 3.56. The van der Waals surface area contributed by atoms with Gasteiger partial charge in [0.15, 0.2) is 0 Å². The molecule has 8 heteroatoms. The van der Waals surface area contributed by atoms with Gasteiger partial charge in [-0.2, -0.15) is 13.2 Å². The number of carbonyl (C=O) groups is 2. The van der Waals surface area contributed by atoms with Crippen molar-refractivity contribution in [2.24, 2.45) is 5.41 Å². The molecule has 2 aliphatic rings. The summed E-state index contributed by atoms with van der Waals surface area (Å²) in [5.41, 5.74) is -0.633. The van der Waals surface area contributed by atoms with Gasteiger partial charge in [0.2, 0.25) is 5.91 Å². The van der Waals surface area contributed by atoms with Crippen molar-refractivity contribution in [2.45, 2.75) is 44.9 Å². The van der Waals surface area contributed by atoms with Gasteiger partial charge in [-0.3, -0.25) is 9.69 Å². The summed E-state index contributed by atoms with van der Waals surface area (Å²) in [6.45, 7) is 3.38. The molecule has 26 heavy (non-hydrogen) atoms. The first-order chi connectivity index (χ1) is 12.1. The SMILES string of the molecule is Cc1ccc([C@H]2CN(C(=O)C3(C(F)(F)F)CC3)[C@H](C)CN2C(=O)O)cc1. The third-order valence-corrected chi connectivity index (χ3v) is 5.41. The van der Waals surface area contributed by atoms with Crippen molar-refractivity contribution in [3.05, 3.63) is 35.4 Å². The first-order valence-corrected chi connectivity index (χ1v) is 8.51. The van der Waals surface area contributed by atoms with E-state index in [9.17, 15) is 27.9 Å². The maximum absolute atomic E-state index is 13.3. The van der Waals surface area contributed by atoms with Gasteiger partial charge >= 0.3 is 12.3 Å². The Labute approximate surface area is 149 Å². The molecule has 1 saturated heterocycles. The van der Waals surface area contributed by atoms with E-state index in [0.29, 0.717) is 5.56 Å². The van der Waals surface area contributed by atoms with E-state index in [-0.39, 0.29) is 25.9 Å². The lowest BCUT2D eigenvalue weighted by molar-refractivity contribution is -0.201. The Morgan fingerprint density at radius 3 is 2.15 bits per heavy atom. The number of nitrogens with zero attached hydrogens (tertiary/aromatic N) is 2. The number of piperazine rings is 1. The highest BCUT2D eigenvalue weighted by molar-refractivity contribution is 5.87. The van der Waals surface area contributed by atoms with Gasteiger partial charge in [-0.25, -0.2) is 4.79 Å². The third-order valence-electron chi connectivity index (χ3n) is 5.41. The molecule has 5 nitrogen and oxygen atoms in total. The van der Waals surface area contributed by atoms with Crippen LogP contribution in [0.5, 0.6) is 0 Å². The highest BCUT2D eigenvalue weighted by Gasteiger charge is 2.70. The number of hydrogen-bond acceptors (Lipinski definition) is 2. The Balaban J connectivity index is 1.90. The van der Waals surface area contributed by atoms with Crippen LogP contribution >= 0.6 is 0 Å². The van der Waals surface area contributed by atoms with Crippen molar-refractivity contribution >= 4 is 12.0 Å². The fraction of sp³-hybridized carbons (Fsp3) is 0.556. The zero-order valence-electron chi connectivity index (χ0n) is 14.6. The molecule has 3 rings (SSSR count). The highest BCUT2D eigenvalue weighted by Crippen LogP contribution is 2.59. The van der Waals surface area contributed by atoms with E-state index in [1.54, 1.807) is 19.1 Å². The Morgan fingerprint density at radius 2 is 1.69 bits per heavy atom. The van der Waals surface area contributed by atoms with Crippen LogP contribution in [-0.2, 0) is 4.79 Å². The van der Waals surface area contributed by atoms with E-state index in [4.69, 9.17) is 0 Å². The average Bonchev–Trinajstić information content (AvgIpc) is 3.36. The quantitative estimate of drug-likeness (QED) is 0.866. The summed E-state index contributed by atoms with van der Waals surface area (Å²) in [6, 6.07) is 5.85. The molecule has 1 N–H and O–H groups in total. The summed E-state index contributed by atoms with van der Waals surface area (Å²) in [7, 11) is 0. The molecule has 0 unspecified atom stereocenters. The average molecular weight is 370 g/mol. The van der Waals surface area contributed by atoms with Crippen molar-refractivity contribution in [3.8, 4) is 0 Å². The zero-order chi connectivity index (χ0) is 19.3. The fourth-order valence-electron chi connectivity index (χ4n) is 3.56. The third kappa shape index (κ3) is 3.01.